The number of nitrogens with zero attached hydrogens (tertiary/aromatic N) is 1. The van der Waals surface area contributed by atoms with E-state index < -0.39 is 0 Å². The summed E-state index contributed by atoms with van der Waals surface area (Å²) in [6.07, 6.45) is 0. The van der Waals surface area contributed by atoms with Gasteiger partial charge in [-0.25, -0.2) is 4.79 Å². The quantitative estimate of drug-likeness (QED) is 0.858. The van der Waals surface area contributed by atoms with E-state index in [0.717, 1.165) is 10.2 Å². The zero-order chi connectivity index (χ0) is 13.5. The summed E-state index contributed by atoms with van der Waals surface area (Å²) in [4.78, 5) is 13.5. The lowest BCUT2D eigenvalue weighted by Gasteiger charge is -2.26. The Kier molecular flexibility index (Phi) is 5.47. The van der Waals surface area contributed by atoms with Crippen LogP contribution in [0.15, 0.2) is 28.7 Å². The van der Waals surface area contributed by atoms with Crippen molar-refractivity contribution in [2.75, 3.05) is 39.5 Å². The van der Waals surface area contributed by atoms with Gasteiger partial charge in [0.15, 0.2) is 0 Å². The van der Waals surface area contributed by atoms with Gasteiger partial charge >= 0.3 is 6.03 Å². The number of amides is 2. The molecule has 0 aliphatic carbocycles. The Morgan fingerprint density at radius 3 is 2.84 bits per heavy atom. The summed E-state index contributed by atoms with van der Waals surface area (Å²) in [5.74, 6) is 0.781. The Labute approximate surface area is 121 Å². The second kappa shape index (κ2) is 7.35. The molecule has 104 valence electrons. The number of carbonyl (C=O) groups excluding carboxylic acids is 1. The predicted molar refractivity (Wildman–Crippen MR) is 75.4 cm³/mol. The maximum Gasteiger partial charge on any atom is 0.317 e. The fraction of sp³-hybridized carbons (Fsp3) is 0.462. The SMILES string of the molecule is O=C(NCCOc1ccccc1Br)N1CCOCC1. The van der Waals surface area contributed by atoms with E-state index in [4.69, 9.17) is 9.47 Å². The summed E-state index contributed by atoms with van der Waals surface area (Å²) in [6, 6.07) is 7.58. The number of hydrogen-bond acceptors (Lipinski definition) is 3. The van der Waals surface area contributed by atoms with Crippen LogP contribution in [-0.2, 0) is 4.74 Å². The van der Waals surface area contributed by atoms with Crippen molar-refractivity contribution in [1.29, 1.82) is 0 Å². The molecule has 19 heavy (non-hydrogen) atoms. The zero-order valence-corrected chi connectivity index (χ0v) is 12.2. The molecule has 0 unspecified atom stereocenters. The molecule has 0 bridgehead atoms. The number of urea groups is 1. The molecule has 0 saturated carbocycles. The minimum atomic E-state index is -0.0565. The van der Waals surface area contributed by atoms with Crippen LogP contribution in [-0.4, -0.2) is 50.4 Å². The summed E-state index contributed by atoms with van der Waals surface area (Å²) < 4.78 is 11.7. The van der Waals surface area contributed by atoms with Crippen molar-refractivity contribution in [1.82, 2.24) is 10.2 Å². The first-order valence-corrected chi connectivity index (χ1v) is 7.04. The molecule has 0 spiro atoms. The fourth-order valence-corrected chi connectivity index (χ4v) is 2.16. The lowest BCUT2D eigenvalue weighted by atomic mass is 10.3. The standard InChI is InChI=1S/C13H17BrN2O3/c14-11-3-1-2-4-12(11)19-8-5-15-13(17)16-6-9-18-10-7-16/h1-4H,5-10H2,(H,15,17). The first-order chi connectivity index (χ1) is 9.27. The second-order valence-corrected chi connectivity index (χ2v) is 4.96. The van der Waals surface area contributed by atoms with E-state index in [0.29, 0.717) is 39.5 Å². The van der Waals surface area contributed by atoms with Crippen LogP contribution in [0.3, 0.4) is 0 Å². The van der Waals surface area contributed by atoms with Crippen molar-refractivity contribution in [2.45, 2.75) is 0 Å². The summed E-state index contributed by atoms with van der Waals surface area (Å²) in [5, 5.41) is 2.83. The topological polar surface area (TPSA) is 50.8 Å². The lowest BCUT2D eigenvalue weighted by Crippen LogP contribution is -2.47. The van der Waals surface area contributed by atoms with E-state index in [1.54, 1.807) is 4.90 Å². The van der Waals surface area contributed by atoms with Crippen LogP contribution in [0.1, 0.15) is 0 Å². The highest BCUT2D eigenvalue weighted by Crippen LogP contribution is 2.23. The van der Waals surface area contributed by atoms with E-state index in [1.807, 2.05) is 24.3 Å². The summed E-state index contributed by atoms with van der Waals surface area (Å²) >= 11 is 3.41. The third-order valence-electron chi connectivity index (χ3n) is 2.77. The minimum Gasteiger partial charge on any atom is -0.491 e. The molecule has 2 rings (SSSR count). The number of para-hydroxylation sites is 1. The highest BCUT2D eigenvalue weighted by molar-refractivity contribution is 9.10. The van der Waals surface area contributed by atoms with Gasteiger partial charge in [0.2, 0.25) is 0 Å². The molecule has 5 nitrogen and oxygen atoms in total. The maximum atomic E-state index is 11.8. The summed E-state index contributed by atoms with van der Waals surface area (Å²) in [6.45, 7) is 3.45. The molecule has 0 radical (unpaired) electrons. The Morgan fingerprint density at radius 1 is 1.37 bits per heavy atom. The lowest BCUT2D eigenvalue weighted by molar-refractivity contribution is 0.0530. The molecular weight excluding hydrogens is 312 g/mol. The molecule has 0 aromatic heterocycles. The van der Waals surface area contributed by atoms with Gasteiger partial charge in [0.1, 0.15) is 12.4 Å². The van der Waals surface area contributed by atoms with Gasteiger partial charge in [-0.1, -0.05) is 12.1 Å². The van der Waals surface area contributed by atoms with Gasteiger partial charge in [-0.3, -0.25) is 0 Å². The highest BCUT2D eigenvalue weighted by atomic mass is 79.9. The Bertz CT molecular complexity index is 422. The number of benzene rings is 1. The van der Waals surface area contributed by atoms with E-state index in [2.05, 4.69) is 21.2 Å². The fourth-order valence-electron chi connectivity index (χ4n) is 1.76. The zero-order valence-electron chi connectivity index (χ0n) is 10.6. The molecule has 1 saturated heterocycles. The molecule has 1 N–H and O–H groups in total. The number of nitrogens with one attached hydrogen (secondary N) is 1. The molecule has 1 aliphatic rings. The van der Waals surface area contributed by atoms with Crippen LogP contribution in [0.2, 0.25) is 0 Å². The highest BCUT2D eigenvalue weighted by Gasteiger charge is 2.15. The van der Waals surface area contributed by atoms with Crippen molar-refractivity contribution in [3.05, 3.63) is 28.7 Å². The van der Waals surface area contributed by atoms with Crippen LogP contribution in [0.25, 0.3) is 0 Å². The van der Waals surface area contributed by atoms with Gasteiger partial charge in [-0.2, -0.15) is 0 Å². The number of rotatable bonds is 4. The van der Waals surface area contributed by atoms with Crippen molar-refractivity contribution in [2.24, 2.45) is 0 Å². The third kappa shape index (κ3) is 4.40. The molecule has 2 amide bonds. The van der Waals surface area contributed by atoms with Crippen LogP contribution < -0.4 is 10.1 Å². The number of carbonyl (C=O) groups is 1. The molecule has 0 atom stereocenters. The summed E-state index contributed by atoms with van der Waals surface area (Å²) in [7, 11) is 0. The van der Waals surface area contributed by atoms with Crippen molar-refractivity contribution in [3.63, 3.8) is 0 Å². The first-order valence-electron chi connectivity index (χ1n) is 6.25. The van der Waals surface area contributed by atoms with Crippen LogP contribution >= 0.6 is 15.9 Å². The Hall–Kier alpha value is -1.27. The van der Waals surface area contributed by atoms with Crippen molar-refractivity contribution < 1.29 is 14.3 Å². The van der Waals surface area contributed by atoms with Gasteiger partial charge in [-0.15, -0.1) is 0 Å². The molecular formula is C13H17BrN2O3. The normalized spacial score (nSPS) is 15.1. The molecule has 1 heterocycles. The van der Waals surface area contributed by atoms with Crippen LogP contribution in [0, 0.1) is 0 Å². The molecule has 6 heteroatoms. The van der Waals surface area contributed by atoms with Crippen LogP contribution in [0.5, 0.6) is 5.75 Å². The van der Waals surface area contributed by atoms with E-state index in [-0.39, 0.29) is 6.03 Å². The van der Waals surface area contributed by atoms with Crippen molar-refractivity contribution >= 4 is 22.0 Å². The average Bonchev–Trinajstić information content (AvgIpc) is 2.46. The number of morpholine rings is 1. The van der Waals surface area contributed by atoms with Crippen molar-refractivity contribution in [3.8, 4) is 5.75 Å². The Morgan fingerprint density at radius 2 is 2.11 bits per heavy atom. The van der Waals surface area contributed by atoms with Gasteiger partial charge in [0.25, 0.3) is 0 Å². The largest absolute Gasteiger partial charge is 0.491 e. The molecule has 1 aromatic rings. The number of ether oxygens (including phenoxy) is 2. The Balaban J connectivity index is 1.66. The minimum absolute atomic E-state index is 0.0565. The van der Waals surface area contributed by atoms with Crippen LogP contribution in [0.4, 0.5) is 4.79 Å². The number of hydrogen-bond donors (Lipinski definition) is 1. The number of halogens is 1. The molecule has 1 fully saturated rings. The average molecular weight is 329 g/mol. The van der Waals surface area contributed by atoms with E-state index in [1.165, 1.54) is 0 Å². The van der Waals surface area contributed by atoms with E-state index >= 15 is 0 Å². The van der Waals surface area contributed by atoms with Gasteiger partial charge in [-0.05, 0) is 28.1 Å². The van der Waals surface area contributed by atoms with Gasteiger partial charge in [0, 0.05) is 13.1 Å². The second-order valence-electron chi connectivity index (χ2n) is 4.11. The first kappa shape index (κ1) is 14.1. The molecule has 1 aliphatic heterocycles. The van der Waals surface area contributed by atoms with E-state index in [9.17, 15) is 4.79 Å². The third-order valence-corrected chi connectivity index (χ3v) is 3.43. The summed E-state index contributed by atoms with van der Waals surface area (Å²) in [5.41, 5.74) is 0. The smallest absolute Gasteiger partial charge is 0.317 e. The monoisotopic (exact) mass is 328 g/mol. The maximum absolute atomic E-state index is 11.8. The predicted octanol–water partition coefficient (Wildman–Crippen LogP) is 1.87. The molecule has 1 aromatic carbocycles. The van der Waals surface area contributed by atoms with Gasteiger partial charge in [0.05, 0.1) is 24.2 Å². The van der Waals surface area contributed by atoms with Gasteiger partial charge < -0.3 is 19.7 Å².